The molecular formula is C27H25F4N7O2. The van der Waals surface area contributed by atoms with Gasteiger partial charge in [0.2, 0.25) is 11.9 Å². The molecule has 1 aromatic carbocycles. The number of rotatable bonds is 8. The van der Waals surface area contributed by atoms with Crippen LogP contribution >= 0.6 is 0 Å². The molecule has 13 heteroatoms. The molecule has 0 bridgehead atoms. The van der Waals surface area contributed by atoms with E-state index in [9.17, 15) is 22.4 Å². The lowest BCUT2D eigenvalue weighted by atomic mass is 10.0. The minimum atomic E-state index is -4.46. The molecule has 40 heavy (non-hydrogen) atoms. The number of hydrogen-bond donors (Lipinski definition) is 2. The number of aryl methyl sites for hydroxylation is 2. The fraction of sp³-hybridized carbons (Fsp3) is 0.370. The van der Waals surface area contributed by atoms with E-state index in [1.54, 1.807) is 19.2 Å². The molecule has 0 unspecified atom stereocenters. The lowest BCUT2D eigenvalue weighted by molar-refractivity contribution is -0.165. The SMILES string of the molecule is Cc1nn(C2CC2)cc1Nc1ncc(-c2ccc(CC(=O)Nc3cc(C4(C(F)(F)F)CC4)on3)c(F)c2)c(C)n1. The Balaban J connectivity index is 1.11. The van der Waals surface area contributed by atoms with E-state index in [0.717, 1.165) is 30.3 Å². The van der Waals surface area contributed by atoms with Gasteiger partial charge in [-0.2, -0.15) is 18.3 Å². The van der Waals surface area contributed by atoms with Crippen LogP contribution in [0.2, 0.25) is 0 Å². The Bertz CT molecular complexity index is 1600. The number of carbonyl (C=O) groups excluding carboxylic acids is 1. The highest BCUT2D eigenvalue weighted by atomic mass is 19.4. The van der Waals surface area contributed by atoms with Crippen molar-refractivity contribution < 1.29 is 26.9 Å². The van der Waals surface area contributed by atoms with E-state index in [4.69, 9.17) is 4.52 Å². The van der Waals surface area contributed by atoms with Gasteiger partial charge < -0.3 is 15.2 Å². The minimum absolute atomic E-state index is 0.0912. The van der Waals surface area contributed by atoms with Gasteiger partial charge in [-0.1, -0.05) is 17.3 Å². The molecule has 9 nitrogen and oxygen atoms in total. The molecule has 3 heterocycles. The van der Waals surface area contributed by atoms with Crippen LogP contribution in [0.25, 0.3) is 11.1 Å². The Morgan fingerprint density at radius 1 is 1.18 bits per heavy atom. The van der Waals surface area contributed by atoms with E-state index < -0.39 is 23.3 Å². The van der Waals surface area contributed by atoms with Crippen LogP contribution in [0.3, 0.4) is 0 Å². The van der Waals surface area contributed by atoms with Crippen molar-refractivity contribution in [2.45, 2.75) is 63.6 Å². The summed E-state index contributed by atoms with van der Waals surface area (Å²) in [6.07, 6.45) is 0.805. The maximum absolute atomic E-state index is 14.9. The molecule has 0 aliphatic heterocycles. The first kappa shape index (κ1) is 26.0. The van der Waals surface area contributed by atoms with Crippen molar-refractivity contribution in [3.05, 3.63) is 65.2 Å². The number of benzene rings is 1. The predicted octanol–water partition coefficient (Wildman–Crippen LogP) is 5.94. The summed E-state index contributed by atoms with van der Waals surface area (Å²) in [7, 11) is 0. The van der Waals surface area contributed by atoms with Gasteiger partial charge in [0.1, 0.15) is 11.2 Å². The average molecular weight is 556 g/mol. The molecule has 4 aromatic rings. The van der Waals surface area contributed by atoms with Crippen LogP contribution in [-0.2, 0) is 16.6 Å². The number of nitrogens with one attached hydrogen (secondary N) is 2. The second kappa shape index (κ2) is 9.42. The zero-order valence-corrected chi connectivity index (χ0v) is 21.6. The fourth-order valence-electron chi connectivity index (χ4n) is 4.63. The third kappa shape index (κ3) is 4.91. The molecule has 0 atom stereocenters. The number of aromatic nitrogens is 5. The first-order valence-electron chi connectivity index (χ1n) is 12.8. The van der Waals surface area contributed by atoms with Gasteiger partial charge in [-0.05, 0) is 56.7 Å². The number of alkyl halides is 3. The highest BCUT2D eigenvalue weighted by Crippen LogP contribution is 2.59. The molecule has 2 fully saturated rings. The summed E-state index contributed by atoms with van der Waals surface area (Å²) in [6.45, 7) is 3.70. The highest BCUT2D eigenvalue weighted by Gasteiger charge is 2.66. The number of hydrogen-bond acceptors (Lipinski definition) is 7. The lowest BCUT2D eigenvalue weighted by Crippen LogP contribution is -2.28. The van der Waals surface area contributed by atoms with Gasteiger partial charge in [0.05, 0.1) is 29.5 Å². The van der Waals surface area contributed by atoms with E-state index in [1.807, 2.05) is 17.8 Å². The molecule has 2 saturated carbocycles. The van der Waals surface area contributed by atoms with Crippen molar-refractivity contribution in [1.29, 1.82) is 0 Å². The fourth-order valence-corrected chi connectivity index (χ4v) is 4.63. The topological polar surface area (TPSA) is 111 Å². The summed E-state index contributed by atoms with van der Waals surface area (Å²) in [5.74, 6) is -1.35. The van der Waals surface area contributed by atoms with Crippen LogP contribution in [0.15, 0.2) is 41.2 Å². The molecule has 2 N–H and O–H groups in total. The summed E-state index contributed by atoms with van der Waals surface area (Å²) in [6, 6.07) is 5.95. The van der Waals surface area contributed by atoms with Gasteiger partial charge in [-0.25, -0.2) is 14.4 Å². The van der Waals surface area contributed by atoms with E-state index in [2.05, 4.69) is 30.9 Å². The zero-order valence-electron chi connectivity index (χ0n) is 21.6. The Labute approximate surface area is 226 Å². The highest BCUT2D eigenvalue weighted by molar-refractivity contribution is 5.91. The van der Waals surface area contributed by atoms with Crippen LogP contribution in [-0.4, -0.2) is 37.0 Å². The molecule has 0 radical (unpaired) electrons. The average Bonchev–Trinajstić information content (AvgIpc) is 3.81. The standard InChI is InChI=1S/C27H25F4N7O2/c1-14-19(12-32-25(33-14)34-21-13-38(18-5-6-18)36-15(21)2)16-3-4-17(20(28)9-16)10-24(39)35-23-11-22(40-37-23)26(7-8-26)27(29,30)31/h3-4,9,11-13,18H,5-8,10H2,1-2H3,(H,32,33,34)(H,35,37,39). The predicted molar refractivity (Wildman–Crippen MR) is 136 cm³/mol. The Morgan fingerprint density at radius 3 is 2.60 bits per heavy atom. The molecule has 2 aliphatic carbocycles. The van der Waals surface area contributed by atoms with Crippen molar-refractivity contribution in [3.8, 4) is 11.1 Å². The van der Waals surface area contributed by atoms with Crippen LogP contribution in [0.4, 0.5) is 35.0 Å². The quantitative estimate of drug-likeness (QED) is 0.259. The summed E-state index contributed by atoms with van der Waals surface area (Å²) in [5.41, 5.74) is 1.52. The third-order valence-corrected chi connectivity index (χ3v) is 7.32. The zero-order chi connectivity index (χ0) is 28.2. The summed E-state index contributed by atoms with van der Waals surface area (Å²) < 4.78 is 61.6. The van der Waals surface area contributed by atoms with Crippen molar-refractivity contribution in [1.82, 2.24) is 24.9 Å². The minimum Gasteiger partial charge on any atom is -0.358 e. The maximum atomic E-state index is 14.9. The lowest BCUT2D eigenvalue weighted by Gasteiger charge is -2.14. The molecule has 2 aliphatic rings. The van der Waals surface area contributed by atoms with E-state index in [1.165, 1.54) is 12.1 Å². The maximum Gasteiger partial charge on any atom is 0.401 e. The number of amides is 1. The van der Waals surface area contributed by atoms with Gasteiger partial charge >= 0.3 is 6.18 Å². The number of anilines is 3. The smallest absolute Gasteiger partial charge is 0.358 e. The van der Waals surface area contributed by atoms with Gasteiger partial charge in [-0.3, -0.25) is 9.48 Å². The van der Waals surface area contributed by atoms with E-state index in [-0.39, 0.29) is 36.4 Å². The van der Waals surface area contributed by atoms with Crippen LogP contribution in [0.1, 0.15) is 54.4 Å². The third-order valence-electron chi connectivity index (χ3n) is 7.32. The molecule has 208 valence electrons. The summed E-state index contributed by atoms with van der Waals surface area (Å²) in [5, 5.41) is 13.6. The van der Waals surface area contributed by atoms with Crippen LogP contribution in [0.5, 0.6) is 0 Å². The molecule has 0 saturated heterocycles. The molecule has 1 amide bonds. The molecular weight excluding hydrogens is 530 g/mol. The first-order chi connectivity index (χ1) is 19.0. The van der Waals surface area contributed by atoms with Crippen molar-refractivity contribution in [2.75, 3.05) is 10.6 Å². The first-order valence-corrected chi connectivity index (χ1v) is 12.8. The van der Waals surface area contributed by atoms with Gasteiger partial charge in [0, 0.05) is 24.0 Å². The molecule has 6 rings (SSSR count). The monoisotopic (exact) mass is 555 g/mol. The number of nitrogens with zero attached hydrogens (tertiary/aromatic N) is 5. The van der Waals surface area contributed by atoms with Crippen LogP contribution < -0.4 is 10.6 Å². The molecule has 3 aromatic heterocycles. The second-order valence-corrected chi connectivity index (χ2v) is 10.3. The second-order valence-electron chi connectivity index (χ2n) is 10.3. The van der Waals surface area contributed by atoms with E-state index in [0.29, 0.717) is 28.8 Å². The molecule has 0 spiro atoms. The van der Waals surface area contributed by atoms with Gasteiger partial charge in [-0.15, -0.1) is 0 Å². The van der Waals surface area contributed by atoms with E-state index >= 15 is 0 Å². The normalized spacial score (nSPS) is 16.1. The summed E-state index contributed by atoms with van der Waals surface area (Å²) in [4.78, 5) is 21.3. The van der Waals surface area contributed by atoms with Gasteiger partial charge in [0.15, 0.2) is 11.6 Å². The Hall–Kier alpha value is -4.29. The summed E-state index contributed by atoms with van der Waals surface area (Å²) >= 11 is 0. The van der Waals surface area contributed by atoms with Crippen molar-refractivity contribution >= 4 is 23.4 Å². The Morgan fingerprint density at radius 2 is 1.95 bits per heavy atom. The van der Waals surface area contributed by atoms with Crippen LogP contribution in [0, 0.1) is 19.7 Å². The van der Waals surface area contributed by atoms with Crippen molar-refractivity contribution in [2.24, 2.45) is 0 Å². The number of halogens is 4. The van der Waals surface area contributed by atoms with Crippen molar-refractivity contribution in [3.63, 3.8) is 0 Å². The van der Waals surface area contributed by atoms with Gasteiger partial charge in [0.25, 0.3) is 0 Å². The Kier molecular flexibility index (Phi) is 6.11. The number of carbonyl (C=O) groups is 1. The largest absolute Gasteiger partial charge is 0.401 e.